The Bertz CT molecular complexity index is 935. The molecule has 0 aliphatic heterocycles. The highest BCUT2D eigenvalue weighted by molar-refractivity contribution is 7.91. The van der Waals surface area contributed by atoms with E-state index in [0.717, 1.165) is 25.7 Å². The van der Waals surface area contributed by atoms with E-state index in [2.05, 4.69) is 54.6 Å². The molecule has 2 fully saturated rings. The summed E-state index contributed by atoms with van der Waals surface area (Å²) < 4.78 is 33.2. The topological polar surface area (TPSA) is 63.6 Å². The minimum Gasteiger partial charge on any atom is -0.413 e. The quantitative estimate of drug-likeness (QED) is 0.416. The zero-order chi connectivity index (χ0) is 25.6. The van der Waals surface area contributed by atoms with Crippen molar-refractivity contribution in [3.05, 3.63) is 30.3 Å². The number of benzene rings is 1. The molecule has 1 aromatic rings. The van der Waals surface area contributed by atoms with Crippen molar-refractivity contribution in [2.45, 2.75) is 103 Å². The summed E-state index contributed by atoms with van der Waals surface area (Å²) in [4.78, 5) is 0.403. The number of aliphatic hydroxyl groups excluding tert-OH is 1. The first kappa shape index (κ1) is 27.9. The lowest BCUT2D eigenvalue weighted by molar-refractivity contribution is -0.150. The van der Waals surface area contributed by atoms with Crippen molar-refractivity contribution in [2.75, 3.05) is 12.4 Å². The zero-order valence-corrected chi connectivity index (χ0v) is 24.5. The van der Waals surface area contributed by atoms with E-state index in [0.29, 0.717) is 17.2 Å². The summed E-state index contributed by atoms with van der Waals surface area (Å²) in [5.74, 6) is 0.963. The monoisotopic (exact) mass is 508 g/mol. The van der Waals surface area contributed by atoms with Crippen LogP contribution in [0.4, 0.5) is 0 Å². The van der Waals surface area contributed by atoms with Crippen LogP contribution < -0.4 is 0 Å². The number of hydrogen-bond donors (Lipinski definition) is 1. The Labute approximate surface area is 209 Å². The predicted octanol–water partition coefficient (Wildman–Crippen LogP) is 6.70. The van der Waals surface area contributed by atoms with Crippen LogP contribution in [0.25, 0.3) is 0 Å². The van der Waals surface area contributed by atoms with Gasteiger partial charge in [0.1, 0.15) is 0 Å². The van der Waals surface area contributed by atoms with Crippen LogP contribution in [0.2, 0.25) is 18.1 Å². The molecule has 4 nitrogen and oxygen atoms in total. The molecule has 0 unspecified atom stereocenters. The molecule has 1 aromatic carbocycles. The van der Waals surface area contributed by atoms with Gasteiger partial charge in [0.2, 0.25) is 0 Å². The van der Waals surface area contributed by atoms with Crippen LogP contribution in [-0.2, 0) is 14.3 Å². The van der Waals surface area contributed by atoms with Crippen LogP contribution in [0.5, 0.6) is 0 Å². The molecule has 0 radical (unpaired) electrons. The van der Waals surface area contributed by atoms with Gasteiger partial charge in [-0.05, 0) is 91.0 Å². The normalized spacial score (nSPS) is 32.3. The largest absolute Gasteiger partial charge is 0.413 e. The fourth-order valence-electron chi connectivity index (χ4n) is 6.88. The van der Waals surface area contributed by atoms with E-state index in [4.69, 9.17) is 4.43 Å². The first-order valence-electron chi connectivity index (χ1n) is 13.1. The Balaban J connectivity index is 1.85. The highest BCUT2D eigenvalue weighted by Gasteiger charge is 2.58. The maximum absolute atomic E-state index is 13.1. The first-order valence-corrected chi connectivity index (χ1v) is 17.7. The van der Waals surface area contributed by atoms with Gasteiger partial charge in [0.25, 0.3) is 0 Å². The second-order valence-corrected chi connectivity index (χ2v) is 20.2. The lowest BCUT2D eigenvalue weighted by Crippen LogP contribution is -2.59. The average Bonchev–Trinajstić information content (AvgIpc) is 2.74. The smallest absolute Gasteiger partial charge is 0.192 e. The standard InChI is InChI=1S/C28H48O4SSi/c1-26(2,3)34(7,8)32-25-16-18-28(6)23(21(20-29)14-15-24(28)27(25,4)5)17-19-33(30,31)22-12-10-9-11-13-22/h9-13,21,23-25,29H,14-20H2,1-8H3/t21-,23+,24+,25+,28-/m1/s1. The Morgan fingerprint density at radius 3 is 2.24 bits per heavy atom. The Hall–Kier alpha value is -0.693. The minimum atomic E-state index is -3.34. The lowest BCUT2D eigenvalue weighted by Gasteiger charge is -2.62. The Morgan fingerprint density at radius 1 is 1.06 bits per heavy atom. The number of hydrogen-bond acceptors (Lipinski definition) is 4. The summed E-state index contributed by atoms with van der Waals surface area (Å²) >= 11 is 0. The predicted molar refractivity (Wildman–Crippen MR) is 143 cm³/mol. The van der Waals surface area contributed by atoms with Crippen molar-refractivity contribution in [3.63, 3.8) is 0 Å². The molecule has 5 atom stereocenters. The number of rotatable bonds is 7. The average molecular weight is 509 g/mol. The molecule has 0 bridgehead atoms. The third-order valence-electron chi connectivity index (χ3n) is 9.99. The molecule has 0 spiro atoms. The third kappa shape index (κ3) is 5.21. The zero-order valence-electron chi connectivity index (χ0n) is 22.7. The minimum absolute atomic E-state index is 0.00858. The van der Waals surface area contributed by atoms with E-state index in [1.54, 1.807) is 24.3 Å². The third-order valence-corrected chi connectivity index (χ3v) is 16.2. The Morgan fingerprint density at radius 2 is 1.68 bits per heavy atom. The van der Waals surface area contributed by atoms with Gasteiger partial charge in [-0.25, -0.2) is 8.42 Å². The van der Waals surface area contributed by atoms with E-state index < -0.39 is 18.2 Å². The fraction of sp³-hybridized carbons (Fsp3) is 0.786. The summed E-state index contributed by atoms with van der Waals surface area (Å²) in [6.07, 6.45) is 4.92. The number of sulfone groups is 1. The maximum atomic E-state index is 13.1. The molecule has 6 heteroatoms. The lowest BCUT2D eigenvalue weighted by atomic mass is 9.45. The fourth-order valence-corrected chi connectivity index (χ4v) is 9.74. The molecule has 2 aliphatic carbocycles. The van der Waals surface area contributed by atoms with E-state index in [1.807, 2.05) is 6.07 Å². The van der Waals surface area contributed by atoms with E-state index in [-0.39, 0.29) is 46.2 Å². The van der Waals surface area contributed by atoms with Crippen molar-refractivity contribution in [1.82, 2.24) is 0 Å². The van der Waals surface area contributed by atoms with Crippen molar-refractivity contribution in [3.8, 4) is 0 Å². The molecule has 1 N–H and O–H groups in total. The van der Waals surface area contributed by atoms with Gasteiger partial charge in [-0.1, -0.05) is 59.7 Å². The van der Waals surface area contributed by atoms with E-state index >= 15 is 0 Å². The number of fused-ring (bicyclic) bond motifs is 1. The summed E-state index contributed by atoms with van der Waals surface area (Å²) in [7, 11) is -5.23. The SMILES string of the molecule is CC1(C)[C@@H](O[Si](C)(C)C(C)(C)C)CC[C@]2(C)[C@@H](CCS(=O)(=O)c3ccccc3)[C@@H](CO)CC[C@@H]12. The van der Waals surface area contributed by atoms with Crippen molar-refractivity contribution >= 4 is 18.2 Å². The van der Waals surface area contributed by atoms with Crippen LogP contribution >= 0.6 is 0 Å². The highest BCUT2D eigenvalue weighted by atomic mass is 32.2. The summed E-state index contributed by atoms with van der Waals surface area (Å²) in [5, 5.41) is 10.4. The van der Waals surface area contributed by atoms with Crippen LogP contribution in [0, 0.1) is 28.6 Å². The molecule has 0 heterocycles. The van der Waals surface area contributed by atoms with Gasteiger partial charge in [0.15, 0.2) is 18.2 Å². The molecular formula is C28H48O4SSi. The highest BCUT2D eigenvalue weighted by Crippen LogP contribution is 2.63. The van der Waals surface area contributed by atoms with Crippen molar-refractivity contribution in [2.24, 2.45) is 28.6 Å². The van der Waals surface area contributed by atoms with Crippen molar-refractivity contribution < 1.29 is 18.0 Å². The molecule has 3 rings (SSSR count). The molecule has 2 aliphatic rings. The van der Waals surface area contributed by atoms with E-state index in [1.165, 1.54) is 0 Å². The maximum Gasteiger partial charge on any atom is 0.192 e. The summed E-state index contributed by atoms with van der Waals surface area (Å²) in [5.41, 5.74) is 0.0220. The van der Waals surface area contributed by atoms with Gasteiger partial charge >= 0.3 is 0 Å². The molecular weight excluding hydrogens is 460 g/mol. The van der Waals surface area contributed by atoms with Crippen LogP contribution in [0.15, 0.2) is 35.2 Å². The van der Waals surface area contributed by atoms with Crippen LogP contribution in [0.1, 0.15) is 73.6 Å². The van der Waals surface area contributed by atoms with Crippen LogP contribution in [0.3, 0.4) is 0 Å². The van der Waals surface area contributed by atoms with Crippen LogP contribution in [-0.4, -0.2) is 40.3 Å². The Kier molecular flexibility index (Phi) is 7.91. The molecule has 2 saturated carbocycles. The van der Waals surface area contributed by atoms with E-state index in [9.17, 15) is 13.5 Å². The second kappa shape index (κ2) is 9.64. The molecule has 0 amide bonds. The summed E-state index contributed by atoms with van der Waals surface area (Å²) in [6, 6.07) is 8.80. The summed E-state index contributed by atoms with van der Waals surface area (Å²) in [6.45, 7) is 18.9. The molecule has 194 valence electrons. The first-order chi connectivity index (χ1) is 15.6. The molecule has 0 aromatic heterocycles. The number of aliphatic hydroxyl groups is 1. The molecule has 0 saturated heterocycles. The van der Waals surface area contributed by atoms with Gasteiger partial charge in [0.05, 0.1) is 16.8 Å². The van der Waals surface area contributed by atoms with Crippen molar-refractivity contribution in [1.29, 1.82) is 0 Å². The van der Waals surface area contributed by atoms with Gasteiger partial charge in [-0.2, -0.15) is 0 Å². The molecule has 34 heavy (non-hydrogen) atoms. The van der Waals surface area contributed by atoms with Gasteiger partial charge in [0, 0.05) is 6.61 Å². The van der Waals surface area contributed by atoms with Gasteiger partial charge in [-0.3, -0.25) is 0 Å². The second-order valence-electron chi connectivity index (χ2n) is 13.3. The van der Waals surface area contributed by atoms with Gasteiger partial charge in [-0.15, -0.1) is 0 Å². The van der Waals surface area contributed by atoms with Gasteiger partial charge < -0.3 is 9.53 Å².